The summed E-state index contributed by atoms with van der Waals surface area (Å²) >= 11 is 0. The Hall–Kier alpha value is -1.06. The molecular weight excluding hydrogens is 106 g/mol. The molecule has 0 saturated heterocycles. The normalized spacial score (nSPS) is 8.00. The van der Waals surface area contributed by atoms with Crippen LogP contribution in [-0.4, -0.2) is 18.8 Å². The lowest BCUT2D eigenvalue weighted by Crippen LogP contribution is -2.19. The van der Waals surface area contributed by atoms with E-state index in [4.69, 9.17) is 11.1 Å². The Balaban J connectivity index is 2.93. The number of hydrogen-bond acceptors (Lipinski definition) is 2. The average Bonchev–Trinajstić information content (AvgIpc) is 1.66. The standard InChI is InChI=1S/C4H8N3O/c5-4(6)1-2-7-3-8/h1-2H2,(H3,5,6)(H,7,8). The summed E-state index contributed by atoms with van der Waals surface area (Å²) in [5.41, 5.74) is 4.95. The van der Waals surface area contributed by atoms with E-state index in [2.05, 4.69) is 5.32 Å². The van der Waals surface area contributed by atoms with Gasteiger partial charge in [0, 0.05) is 13.0 Å². The Labute approximate surface area is 47.6 Å². The summed E-state index contributed by atoms with van der Waals surface area (Å²) in [7, 11) is 0. The van der Waals surface area contributed by atoms with Gasteiger partial charge in [0.15, 0.2) is 0 Å². The summed E-state index contributed by atoms with van der Waals surface area (Å²) in [6.07, 6.45) is 1.87. The second-order valence-corrected chi connectivity index (χ2v) is 1.30. The minimum Gasteiger partial charge on any atom is -0.388 e. The van der Waals surface area contributed by atoms with E-state index in [0.29, 0.717) is 13.0 Å². The van der Waals surface area contributed by atoms with Gasteiger partial charge in [0.1, 0.15) is 0 Å². The van der Waals surface area contributed by atoms with Gasteiger partial charge >= 0.3 is 6.41 Å². The molecule has 0 atom stereocenters. The van der Waals surface area contributed by atoms with Crippen molar-refractivity contribution in [3.63, 3.8) is 0 Å². The number of nitrogens with one attached hydrogen (secondary N) is 2. The number of nitrogens with two attached hydrogens (primary N) is 1. The van der Waals surface area contributed by atoms with Crippen LogP contribution in [0, 0.1) is 5.41 Å². The molecule has 0 aromatic carbocycles. The number of carbonyl (C=O) groups excluding carboxylic acids is 1. The van der Waals surface area contributed by atoms with Gasteiger partial charge in [-0.15, -0.1) is 0 Å². The molecule has 0 spiro atoms. The zero-order chi connectivity index (χ0) is 6.41. The van der Waals surface area contributed by atoms with E-state index in [1.807, 2.05) is 0 Å². The van der Waals surface area contributed by atoms with E-state index in [0.717, 1.165) is 0 Å². The number of amidine groups is 1. The summed E-state index contributed by atoms with van der Waals surface area (Å²) < 4.78 is 0. The quantitative estimate of drug-likeness (QED) is 0.189. The van der Waals surface area contributed by atoms with Gasteiger partial charge in [0.05, 0.1) is 5.84 Å². The fourth-order valence-corrected chi connectivity index (χ4v) is 0.248. The van der Waals surface area contributed by atoms with Gasteiger partial charge < -0.3 is 11.1 Å². The third-order valence-corrected chi connectivity index (χ3v) is 0.592. The monoisotopic (exact) mass is 114 g/mol. The molecule has 0 bridgehead atoms. The van der Waals surface area contributed by atoms with Crippen LogP contribution in [0.3, 0.4) is 0 Å². The van der Waals surface area contributed by atoms with Gasteiger partial charge in [-0.25, -0.2) is 0 Å². The molecule has 0 aromatic heterocycles. The molecule has 0 aliphatic heterocycles. The van der Waals surface area contributed by atoms with Crippen molar-refractivity contribution in [2.45, 2.75) is 6.42 Å². The smallest absolute Gasteiger partial charge is 0.309 e. The van der Waals surface area contributed by atoms with Crippen molar-refractivity contribution in [2.24, 2.45) is 5.73 Å². The van der Waals surface area contributed by atoms with E-state index < -0.39 is 0 Å². The maximum atomic E-state index is 9.44. The molecule has 0 rings (SSSR count). The van der Waals surface area contributed by atoms with Gasteiger partial charge in [0.2, 0.25) is 0 Å². The summed E-state index contributed by atoms with van der Waals surface area (Å²) in [5, 5.41) is 8.93. The minimum atomic E-state index is 0.0766. The number of amides is 1. The van der Waals surface area contributed by atoms with Crippen LogP contribution in [0.2, 0.25) is 0 Å². The summed E-state index contributed by atoms with van der Waals surface area (Å²) in [4.78, 5) is 9.44. The largest absolute Gasteiger partial charge is 0.388 e. The first-order valence-corrected chi connectivity index (χ1v) is 2.20. The third kappa shape index (κ3) is 4.94. The lowest BCUT2D eigenvalue weighted by atomic mass is 10.4. The van der Waals surface area contributed by atoms with Crippen molar-refractivity contribution >= 4 is 12.2 Å². The zero-order valence-electron chi connectivity index (χ0n) is 4.40. The second kappa shape index (κ2) is 4.11. The Kier molecular flexibility index (Phi) is 3.56. The highest BCUT2D eigenvalue weighted by atomic mass is 16.1. The van der Waals surface area contributed by atoms with Gasteiger partial charge in [-0.05, 0) is 0 Å². The Morgan fingerprint density at radius 1 is 1.88 bits per heavy atom. The highest BCUT2D eigenvalue weighted by molar-refractivity contribution is 5.77. The van der Waals surface area contributed by atoms with Gasteiger partial charge in [-0.2, -0.15) is 0 Å². The lowest BCUT2D eigenvalue weighted by Gasteiger charge is -1.92. The van der Waals surface area contributed by atoms with E-state index in [9.17, 15) is 4.79 Å². The number of rotatable bonds is 4. The molecule has 0 heterocycles. The molecule has 4 nitrogen and oxygen atoms in total. The van der Waals surface area contributed by atoms with Crippen LogP contribution in [0.15, 0.2) is 0 Å². The third-order valence-electron chi connectivity index (χ3n) is 0.592. The van der Waals surface area contributed by atoms with Crippen LogP contribution in [0.25, 0.3) is 0 Å². The van der Waals surface area contributed by atoms with Crippen molar-refractivity contribution < 1.29 is 4.79 Å². The van der Waals surface area contributed by atoms with Crippen molar-refractivity contribution in [1.82, 2.24) is 5.32 Å². The Bertz CT molecular complexity index is 91.3. The van der Waals surface area contributed by atoms with Crippen LogP contribution in [0.1, 0.15) is 6.42 Å². The first-order valence-electron chi connectivity index (χ1n) is 2.20. The molecule has 0 saturated carbocycles. The fourth-order valence-electron chi connectivity index (χ4n) is 0.248. The second-order valence-electron chi connectivity index (χ2n) is 1.30. The topological polar surface area (TPSA) is 79.0 Å². The van der Waals surface area contributed by atoms with E-state index in [-0.39, 0.29) is 5.84 Å². The van der Waals surface area contributed by atoms with Crippen molar-refractivity contribution in [2.75, 3.05) is 6.54 Å². The molecule has 0 fully saturated rings. The minimum absolute atomic E-state index is 0.0766. The van der Waals surface area contributed by atoms with Crippen LogP contribution >= 0.6 is 0 Å². The van der Waals surface area contributed by atoms with E-state index in [1.54, 1.807) is 0 Å². The van der Waals surface area contributed by atoms with Crippen molar-refractivity contribution in [1.29, 1.82) is 5.41 Å². The van der Waals surface area contributed by atoms with E-state index >= 15 is 0 Å². The summed E-state index contributed by atoms with van der Waals surface area (Å²) in [5.74, 6) is 0.0766. The SMILES string of the molecule is N=C(N)CCN[C]=O. The first kappa shape index (κ1) is 6.94. The molecule has 0 aliphatic rings. The van der Waals surface area contributed by atoms with Crippen molar-refractivity contribution in [3.05, 3.63) is 0 Å². The molecular formula is C4H8N3O. The maximum Gasteiger partial charge on any atom is 0.309 e. The predicted octanol–water partition coefficient (Wildman–Crippen LogP) is -1.03. The zero-order valence-corrected chi connectivity index (χ0v) is 4.40. The molecule has 4 N–H and O–H groups in total. The van der Waals surface area contributed by atoms with Crippen LogP contribution < -0.4 is 11.1 Å². The molecule has 0 unspecified atom stereocenters. The van der Waals surface area contributed by atoms with Crippen LogP contribution in [0.5, 0.6) is 0 Å². The average molecular weight is 114 g/mol. The Morgan fingerprint density at radius 3 is 2.88 bits per heavy atom. The molecule has 8 heavy (non-hydrogen) atoms. The maximum absolute atomic E-state index is 9.44. The van der Waals surface area contributed by atoms with Crippen LogP contribution in [-0.2, 0) is 4.79 Å². The van der Waals surface area contributed by atoms with Gasteiger partial charge in [-0.1, -0.05) is 0 Å². The molecule has 0 aliphatic carbocycles. The Morgan fingerprint density at radius 2 is 2.50 bits per heavy atom. The van der Waals surface area contributed by atoms with Gasteiger partial charge in [0.25, 0.3) is 0 Å². The summed E-state index contributed by atoms with van der Waals surface area (Å²) in [6.45, 7) is 0.402. The fraction of sp³-hybridized carbons (Fsp3) is 0.500. The molecule has 1 radical (unpaired) electrons. The molecule has 4 heteroatoms. The van der Waals surface area contributed by atoms with Gasteiger partial charge in [-0.3, -0.25) is 10.2 Å². The lowest BCUT2D eigenvalue weighted by molar-refractivity contribution is 0.543. The highest BCUT2D eigenvalue weighted by Gasteiger charge is 1.85. The highest BCUT2D eigenvalue weighted by Crippen LogP contribution is 1.68. The molecule has 45 valence electrons. The first-order chi connectivity index (χ1) is 3.77. The van der Waals surface area contributed by atoms with Crippen LogP contribution in [0.4, 0.5) is 0 Å². The molecule has 0 aromatic rings. The predicted molar refractivity (Wildman–Crippen MR) is 30.2 cm³/mol. The number of hydrogen-bond donors (Lipinski definition) is 3. The summed E-state index contributed by atoms with van der Waals surface area (Å²) in [6, 6.07) is 0. The van der Waals surface area contributed by atoms with Crippen molar-refractivity contribution in [3.8, 4) is 0 Å². The van der Waals surface area contributed by atoms with E-state index in [1.165, 1.54) is 6.41 Å². The molecule has 1 amide bonds.